The van der Waals surface area contributed by atoms with Gasteiger partial charge < -0.3 is 14.4 Å². The van der Waals surface area contributed by atoms with Crippen LogP contribution in [-0.2, 0) is 9.53 Å². The van der Waals surface area contributed by atoms with Crippen molar-refractivity contribution in [3.05, 3.63) is 29.6 Å². The van der Waals surface area contributed by atoms with Gasteiger partial charge in [-0.25, -0.2) is 9.18 Å². The summed E-state index contributed by atoms with van der Waals surface area (Å²) in [5.41, 5.74) is 0.411. The van der Waals surface area contributed by atoms with Crippen molar-refractivity contribution in [3.63, 3.8) is 0 Å². The van der Waals surface area contributed by atoms with Crippen LogP contribution in [0.15, 0.2) is 18.2 Å². The fourth-order valence-corrected chi connectivity index (χ4v) is 1.97. The largest absolute Gasteiger partial charge is 0.444 e. The number of benzene rings is 1. The van der Waals surface area contributed by atoms with E-state index in [0.717, 1.165) is 0 Å². The van der Waals surface area contributed by atoms with Crippen LogP contribution in [0.25, 0.3) is 0 Å². The highest BCUT2D eigenvalue weighted by atomic mass is 19.1. The number of ether oxygens (including phenoxy) is 1. The lowest BCUT2D eigenvalue weighted by Crippen LogP contribution is -2.37. The number of hydrogen-bond donors (Lipinski definition) is 0. The summed E-state index contributed by atoms with van der Waals surface area (Å²) in [6.07, 6.45) is 0.0306. The fraction of sp³-hybridized carbons (Fsp3) is 0.500. The van der Waals surface area contributed by atoms with Crippen molar-refractivity contribution in [3.8, 4) is 0 Å². The zero-order valence-corrected chi connectivity index (χ0v) is 13.9. The van der Waals surface area contributed by atoms with Crippen LogP contribution in [0.1, 0.15) is 32.4 Å². The Morgan fingerprint density at radius 1 is 1.27 bits per heavy atom. The van der Waals surface area contributed by atoms with E-state index in [1.54, 1.807) is 39.8 Å². The Bertz CT molecular complexity index is 553. The second-order valence-electron chi connectivity index (χ2n) is 6.27. The molecule has 0 radical (unpaired) electrons. The fourth-order valence-electron chi connectivity index (χ4n) is 1.97. The third-order valence-electron chi connectivity index (χ3n) is 3.02. The number of anilines is 1. The van der Waals surface area contributed by atoms with Gasteiger partial charge in [-0.2, -0.15) is 0 Å². The van der Waals surface area contributed by atoms with E-state index in [2.05, 4.69) is 0 Å². The first-order valence-corrected chi connectivity index (χ1v) is 6.94. The van der Waals surface area contributed by atoms with Crippen molar-refractivity contribution in [1.82, 2.24) is 4.90 Å². The number of halogens is 1. The Hall–Kier alpha value is -2.11. The lowest BCUT2D eigenvalue weighted by Gasteiger charge is -2.30. The van der Waals surface area contributed by atoms with E-state index in [9.17, 15) is 14.0 Å². The predicted octanol–water partition coefficient (Wildman–Crippen LogP) is 3.00. The van der Waals surface area contributed by atoms with Gasteiger partial charge in [-0.05, 0) is 32.9 Å². The first-order valence-electron chi connectivity index (χ1n) is 6.94. The van der Waals surface area contributed by atoms with Crippen molar-refractivity contribution < 1.29 is 18.7 Å². The predicted molar refractivity (Wildman–Crippen MR) is 83.5 cm³/mol. The monoisotopic (exact) mass is 310 g/mol. The maximum Gasteiger partial charge on any atom is 0.410 e. The summed E-state index contributed by atoms with van der Waals surface area (Å²) >= 11 is 0. The SMILES string of the molecule is CN(C)c1cc(F)ccc1C(C=O)N(C)C(=O)OC(C)(C)C. The number of carbonyl (C=O) groups excluding carboxylic acids is 2. The first-order chi connectivity index (χ1) is 10.1. The molecule has 0 aliphatic rings. The third kappa shape index (κ3) is 4.44. The molecule has 0 saturated carbocycles. The molecule has 0 N–H and O–H groups in total. The van der Waals surface area contributed by atoms with Gasteiger partial charge in [-0.1, -0.05) is 6.07 Å². The lowest BCUT2D eigenvalue weighted by molar-refractivity contribution is -0.112. The first kappa shape index (κ1) is 17.9. The van der Waals surface area contributed by atoms with E-state index < -0.39 is 23.6 Å². The minimum Gasteiger partial charge on any atom is -0.444 e. The van der Waals surface area contributed by atoms with E-state index in [4.69, 9.17) is 4.74 Å². The molecule has 1 aromatic rings. The molecule has 1 unspecified atom stereocenters. The van der Waals surface area contributed by atoms with Gasteiger partial charge in [0, 0.05) is 32.4 Å². The molecule has 0 fully saturated rings. The molecule has 0 aromatic heterocycles. The molecule has 0 bridgehead atoms. The molecule has 5 nitrogen and oxygen atoms in total. The molecule has 6 heteroatoms. The number of rotatable bonds is 4. The molecule has 1 atom stereocenters. The van der Waals surface area contributed by atoms with Crippen LogP contribution >= 0.6 is 0 Å². The van der Waals surface area contributed by atoms with Crippen molar-refractivity contribution >= 4 is 18.1 Å². The van der Waals surface area contributed by atoms with Crippen LogP contribution in [0, 0.1) is 5.82 Å². The van der Waals surface area contributed by atoms with Gasteiger partial charge in [0.1, 0.15) is 23.7 Å². The van der Waals surface area contributed by atoms with Gasteiger partial charge in [0.05, 0.1) is 0 Å². The van der Waals surface area contributed by atoms with Gasteiger partial charge in [0.2, 0.25) is 0 Å². The van der Waals surface area contributed by atoms with E-state index in [1.807, 2.05) is 0 Å². The van der Waals surface area contributed by atoms with Crippen molar-refractivity contribution in [2.75, 3.05) is 26.0 Å². The molecule has 1 amide bonds. The standard InChI is InChI=1S/C16H23FN2O3/c1-16(2,3)22-15(21)19(6)14(10-20)12-8-7-11(17)9-13(12)18(4)5/h7-10,14H,1-6H3. The number of likely N-dealkylation sites (N-methyl/N-ethyl adjacent to an activating group) is 1. The van der Waals surface area contributed by atoms with Crippen LogP contribution < -0.4 is 4.90 Å². The zero-order valence-electron chi connectivity index (χ0n) is 13.9. The highest BCUT2D eigenvalue weighted by Gasteiger charge is 2.28. The Morgan fingerprint density at radius 3 is 2.32 bits per heavy atom. The minimum absolute atomic E-state index is 0.406. The van der Waals surface area contributed by atoms with Crippen LogP contribution in [-0.4, -0.2) is 44.0 Å². The molecule has 0 aliphatic heterocycles. The van der Waals surface area contributed by atoms with Crippen molar-refractivity contribution in [1.29, 1.82) is 0 Å². The van der Waals surface area contributed by atoms with E-state index in [1.165, 1.54) is 30.1 Å². The topological polar surface area (TPSA) is 49.9 Å². The molecular formula is C16H23FN2O3. The van der Waals surface area contributed by atoms with Gasteiger partial charge in [-0.3, -0.25) is 4.90 Å². The number of nitrogens with zero attached hydrogens (tertiary/aromatic N) is 2. The highest BCUT2D eigenvalue weighted by Crippen LogP contribution is 2.29. The summed E-state index contributed by atoms with van der Waals surface area (Å²) in [7, 11) is 4.97. The quantitative estimate of drug-likeness (QED) is 0.802. The minimum atomic E-state index is -0.854. The summed E-state index contributed by atoms with van der Waals surface area (Å²) < 4.78 is 18.7. The Balaban J connectivity index is 3.16. The number of carbonyl (C=O) groups is 2. The molecule has 1 rings (SSSR count). The second-order valence-corrected chi connectivity index (χ2v) is 6.27. The maximum atomic E-state index is 13.4. The molecule has 0 spiro atoms. The van der Waals surface area contributed by atoms with Gasteiger partial charge >= 0.3 is 6.09 Å². The average molecular weight is 310 g/mol. The van der Waals surface area contributed by atoms with Crippen LogP contribution in [0.4, 0.5) is 14.9 Å². The molecule has 1 aromatic carbocycles. The van der Waals surface area contributed by atoms with Gasteiger partial charge in [0.15, 0.2) is 0 Å². The summed E-state index contributed by atoms with van der Waals surface area (Å²) in [5, 5.41) is 0. The lowest BCUT2D eigenvalue weighted by atomic mass is 10.0. The molecule has 122 valence electrons. The highest BCUT2D eigenvalue weighted by molar-refractivity contribution is 5.77. The average Bonchev–Trinajstić information content (AvgIpc) is 2.38. The molecule has 0 heterocycles. The van der Waals surface area contributed by atoms with Crippen molar-refractivity contribution in [2.45, 2.75) is 32.4 Å². The normalized spacial score (nSPS) is 12.5. The number of hydrogen-bond acceptors (Lipinski definition) is 4. The summed E-state index contributed by atoms with van der Waals surface area (Å²) in [6, 6.07) is 3.24. The summed E-state index contributed by atoms with van der Waals surface area (Å²) in [5.74, 6) is -0.406. The Morgan fingerprint density at radius 2 is 1.86 bits per heavy atom. The third-order valence-corrected chi connectivity index (χ3v) is 3.02. The number of aldehydes is 1. The molecular weight excluding hydrogens is 287 g/mol. The molecule has 0 aliphatic carbocycles. The van der Waals surface area contributed by atoms with Crippen LogP contribution in [0.3, 0.4) is 0 Å². The summed E-state index contributed by atoms with van der Waals surface area (Å²) in [4.78, 5) is 26.6. The van der Waals surface area contributed by atoms with Crippen LogP contribution in [0.2, 0.25) is 0 Å². The summed E-state index contributed by atoms with van der Waals surface area (Å²) in [6.45, 7) is 5.24. The van der Waals surface area contributed by atoms with E-state index in [0.29, 0.717) is 17.5 Å². The van der Waals surface area contributed by atoms with Crippen LogP contribution in [0.5, 0.6) is 0 Å². The Kier molecular flexibility index (Phi) is 5.52. The second kappa shape index (κ2) is 6.77. The van der Waals surface area contributed by atoms with E-state index in [-0.39, 0.29) is 0 Å². The zero-order chi connectivity index (χ0) is 17.1. The molecule has 22 heavy (non-hydrogen) atoms. The maximum absolute atomic E-state index is 13.4. The smallest absolute Gasteiger partial charge is 0.410 e. The van der Waals surface area contributed by atoms with Crippen molar-refractivity contribution in [2.24, 2.45) is 0 Å². The number of amides is 1. The van der Waals surface area contributed by atoms with Gasteiger partial charge in [0.25, 0.3) is 0 Å². The Labute approximate surface area is 130 Å². The molecule has 0 saturated heterocycles. The van der Waals surface area contributed by atoms with E-state index >= 15 is 0 Å². The van der Waals surface area contributed by atoms with Gasteiger partial charge in [-0.15, -0.1) is 0 Å².